The zero-order valence-electron chi connectivity index (χ0n) is 7.66. The highest BCUT2D eigenvalue weighted by molar-refractivity contribution is 5.47. The van der Waals surface area contributed by atoms with Crippen molar-refractivity contribution in [2.45, 2.75) is 19.8 Å². The highest BCUT2D eigenvalue weighted by Gasteiger charge is 2.07. The first-order valence-electron chi connectivity index (χ1n) is 4.31. The maximum absolute atomic E-state index is 13.1. The van der Waals surface area contributed by atoms with Crippen molar-refractivity contribution >= 4 is 5.52 Å². The molecular weight excluding hydrogens is 167 g/mol. The molecule has 2 aromatic rings. The number of aromatic nitrogens is 2. The third kappa shape index (κ3) is 1.30. The first kappa shape index (κ1) is 8.23. The molecule has 2 nitrogen and oxygen atoms in total. The predicted octanol–water partition coefficient (Wildman–Crippen LogP) is 2.60. The molecule has 68 valence electrons. The van der Waals surface area contributed by atoms with E-state index in [1.165, 1.54) is 12.1 Å². The molecule has 2 rings (SSSR count). The van der Waals surface area contributed by atoms with Gasteiger partial charge in [-0.2, -0.15) is 5.10 Å². The smallest absolute Gasteiger partial charge is 0.127 e. The Morgan fingerprint density at radius 3 is 2.85 bits per heavy atom. The van der Waals surface area contributed by atoms with E-state index in [1.807, 2.05) is 13.8 Å². The highest BCUT2D eigenvalue weighted by Crippen LogP contribution is 2.17. The number of hydrogen-bond donors (Lipinski definition) is 0. The van der Waals surface area contributed by atoms with Gasteiger partial charge >= 0.3 is 0 Å². The quantitative estimate of drug-likeness (QED) is 0.656. The lowest BCUT2D eigenvalue weighted by atomic mass is 10.1. The molecule has 0 aliphatic rings. The molecule has 0 atom stereocenters. The standard InChI is InChI=1S/C10H11FN2/c1-7(2)10-6-8(11)5-9-3-4-12-13(9)10/h3-7H,1-2H3. The number of rotatable bonds is 1. The van der Waals surface area contributed by atoms with Gasteiger partial charge in [0.2, 0.25) is 0 Å². The second kappa shape index (κ2) is 2.83. The van der Waals surface area contributed by atoms with Crippen molar-refractivity contribution in [3.05, 3.63) is 35.9 Å². The Balaban J connectivity index is 2.77. The Labute approximate surface area is 76.0 Å². The summed E-state index contributed by atoms with van der Waals surface area (Å²) >= 11 is 0. The van der Waals surface area contributed by atoms with Crippen LogP contribution in [0.4, 0.5) is 4.39 Å². The first-order chi connectivity index (χ1) is 6.18. The van der Waals surface area contributed by atoms with Crippen LogP contribution in [0.3, 0.4) is 0 Å². The fourth-order valence-corrected chi connectivity index (χ4v) is 1.44. The van der Waals surface area contributed by atoms with Crippen LogP contribution in [-0.2, 0) is 0 Å². The van der Waals surface area contributed by atoms with Crippen LogP contribution in [0.5, 0.6) is 0 Å². The fraction of sp³-hybridized carbons (Fsp3) is 0.300. The normalized spacial score (nSPS) is 11.4. The van der Waals surface area contributed by atoms with Gasteiger partial charge in [0.05, 0.1) is 5.52 Å². The summed E-state index contributed by atoms with van der Waals surface area (Å²) in [5.41, 5.74) is 1.71. The van der Waals surface area contributed by atoms with Gasteiger partial charge in [-0.25, -0.2) is 8.91 Å². The molecule has 0 bridgehead atoms. The number of pyridine rings is 1. The second-order valence-electron chi connectivity index (χ2n) is 3.42. The van der Waals surface area contributed by atoms with Crippen molar-refractivity contribution in [1.82, 2.24) is 9.61 Å². The predicted molar refractivity (Wildman–Crippen MR) is 49.2 cm³/mol. The molecule has 0 N–H and O–H groups in total. The molecule has 2 heterocycles. The number of halogens is 1. The maximum atomic E-state index is 13.1. The molecule has 0 saturated heterocycles. The van der Waals surface area contributed by atoms with Gasteiger partial charge in [0.15, 0.2) is 0 Å². The Kier molecular flexibility index (Phi) is 1.79. The number of fused-ring (bicyclic) bond motifs is 1. The molecule has 3 heteroatoms. The summed E-state index contributed by atoms with van der Waals surface area (Å²) in [6.07, 6.45) is 1.68. The zero-order chi connectivity index (χ0) is 9.42. The molecule has 0 amide bonds. The fourth-order valence-electron chi connectivity index (χ4n) is 1.44. The van der Waals surface area contributed by atoms with Crippen LogP contribution in [0.1, 0.15) is 25.5 Å². The summed E-state index contributed by atoms with van der Waals surface area (Å²) in [5, 5.41) is 4.13. The summed E-state index contributed by atoms with van der Waals surface area (Å²) in [4.78, 5) is 0. The molecular formula is C10H11FN2. The van der Waals surface area contributed by atoms with Gasteiger partial charge in [0, 0.05) is 11.9 Å². The lowest BCUT2D eigenvalue weighted by molar-refractivity contribution is 0.615. The van der Waals surface area contributed by atoms with E-state index in [1.54, 1.807) is 16.8 Å². The van der Waals surface area contributed by atoms with E-state index in [9.17, 15) is 4.39 Å². The third-order valence-corrected chi connectivity index (χ3v) is 2.08. The van der Waals surface area contributed by atoms with E-state index in [0.717, 1.165) is 11.2 Å². The highest BCUT2D eigenvalue weighted by atomic mass is 19.1. The van der Waals surface area contributed by atoms with E-state index in [-0.39, 0.29) is 11.7 Å². The van der Waals surface area contributed by atoms with Crippen LogP contribution in [-0.4, -0.2) is 9.61 Å². The summed E-state index contributed by atoms with van der Waals surface area (Å²) < 4.78 is 14.9. The van der Waals surface area contributed by atoms with Crippen molar-refractivity contribution < 1.29 is 4.39 Å². The SMILES string of the molecule is CC(C)c1cc(F)cc2ccnn12. The van der Waals surface area contributed by atoms with Gasteiger partial charge in [-0.05, 0) is 24.1 Å². The minimum atomic E-state index is -0.197. The summed E-state index contributed by atoms with van der Waals surface area (Å²) in [6, 6.07) is 4.82. The molecule has 0 spiro atoms. The van der Waals surface area contributed by atoms with Crippen LogP contribution in [0.25, 0.3) is 5.52 Å². The molecule has 2 aromatic heterocycles. The van der Waals surface area contributed by atoms with E-state index < -0.39 is 0 Å². The van der Waals surface area contributed by atoms with Crippen molar-refractivity contribution in [3.8, 4) is 0 Å². The van der Waals surface area contributed by atoms with E-state index in [0.29, 0.717) is 0 Å². The van der Waals surface area contributed by atoms with Gasteiger partial charge in [0.25, 0.3) is 0 Å². The summed E-state index contributed by atoms with van der Waals surface area (Å²) in [6.45, 7) is 4.05. The lowest BCUT2D eigenvalue weighted by Crippen LogP contribution is -2.01. The lowest BCUT2D eigenvalue weighted by Gasteiger charge is -2.07. The van der Waals surface area contributed by atoms with Crippen molar-refractivity contribution in [3.63, 3.8) is 0 Å². The topological polar surface area (TPSA) is 17.3 Å². The monoisotopic (exact) mass is 178 g/mol. The van der Waals surface area contributed by atoms with Crippen molar-refractivity contribution in [1.29, 1.82) is 0 Å². The van der Waals surface area contributed by atoms with E-state index in [2.05, 4.69) is 5.10 Å². The summed E-state index contributed by atoms with van der Waals surface area (Å²) in [7, 11) is 0. The van der Waals surface area contributed by atoms with Gasteiger partial charge in [-0.15, -0.1) is 0 Å². The van der Waals surface area contributed by atoms with Gasteiger partial charge in [-0.3, -0.25) is 0 Å². The Bertz CT molecular complexity index is 431. The van der Waals surface area contributed by atoms with Crippen LogP contribution < -0.4 is 0 Å². The molecule has 0 aliphatic carbocycles. The van der Waals surface area contributed by atoms with Gasteiger partial charge in [-0.1, -0.05) is 13.8 Å². The van der Waals surface area contributed by atoms with E-state index in [4.69, 9.17) is 0 Å². The van der Waals surface area contributed by atoms with Gasteiger partial charge in [0.1, 0.15) is 5.82 Å². The molecule has 0 fully saturated rings. The Hall–Kier alpha value is -1.38. The van der Waals surface area contributed by atoms with Crippen LogP contribution in [0.2, 0.25) is 0 Å². The Morgan fingerprint density at radius 2 is 2.15 bits per heavy atom. The average molecular weight is 178 g/mol. The molecule has 0 radical (unpaired) electrons. The van der Waals surface area contributed by atoms with Crippen LogP contribution in [0, 0.1) is 5.82 Å². The van der Waals surface area contributed by atoms with Crippen molar-refractivity contribution in [2.75, 3.05) is 0 Å². The third-order valence-electron chi connectivity index (χ3n) is 2.08. The van der Waals surface area contributed by atoms with Gasteiger partial charge < -0.3 is 0 Å². The van der Waals surface area contributed by atoms with E-state index >= 15 is 0 Å². The Morgan fingerprint density at radius 1 is 1.38 bits per heavy atom. The molecule has 13 heavy (non-hydrogen) atoms. The molecule has 0 unspecified atom stereocenters. The molecule has 0 aliphatic heterocycles. The minimum absolute atomic E-state index is 0.197. The largest absolute Gasteiger partial charge is 0.237 e. The second-order valence-corrected chi connectivity index (χ2v) is 3.42. The minimum Gasteiger partial charge on any atom is -0.237 e. The molecule has 0 saturated carbocycles. The van der Waals surface area contributed by atoms with Crippen LogP contribution in [0.15, 0.2) is 24.4 Å². The summed E-state index contributed by atoms with van der Waals surface area (Å²) in [5.74, 6) is 0.0785. The first-order valence-corrected chi connectivity index (χ1v) is 4.31. The number of hydrogen-bond acceptors (Lipinski definition) is 1. The van der Waals surface area contributed by atoms with Crippen molar-refractivity contribution in [2.24, 2.45) is 0 Å². The zero-order valence-corrected chi connectivity index (χ0v) is 7.66. The molecule has 0 aromatic carbocycles. The average Bonchev–Trinajstić information content (AvgIpc) is 2.49. The van der Waals surface area contributed by atoms with Crippen LogP contribution >= 0.6 is 0 Å². The maximum Gasteiger partial charge on any atom is 0.127 e. The number of nitrogens with zero attached hydrogens (tertiary/aromatic N) is 2.